The SMILES string of the molecule is CC1(C)C(=O)NCCN1C(=O)C1CSC(=O)N1. The molecule has 2 saturated heterocycles. The molecule has 0 aliphatic carbocycles. The van der Waals surface area contributed by atoms with E-state index < -0.39 is 11.6 Å². The van der Waals surface area contributed by atoms with Crippen molar-refractivity contribution in [2.24, 2.45) is 0 Å². The molecular formula is C10H15N3O3S. The van der Waals surface area contributed by atoms with Crippen molar-refractivity contribution in [3.8, 4) is 0 Å². The van der Waals surface area contributed by atoms with Crippen LogP contribution in [0.3, 0.4) is 0 Å². The van der Waals surface area contributed by atoms with Crippen molar-refractivity contribution in [1.82, 2.24) is 15.5 Å². The zero-order valence-corrected chi connectivity index (χ0v) is 10.6. The van der Waals surface area contributed by atoms with Crippen LogP contribution in [0.4, 0.5) is 4.79 Å². The molecule has 2 N–H and O–H groups in total. The van der Waals surface area contributed by atoms with Crippen LogP contribution in [-0.2, 0) is 9.59 Å². The van der Waals surface area contributed by atoms with E-state index in [0.29, 0.717) is 18.8 Å². The number of amides is 3. The van der Waals surface area contributed by atoms with Crippen molar-refractivity contribution in [3.05, 3.63) is 0 Å². The first-order chi connectivity index (χ1) is 7.93. The molecule has 2 heterocycles. The summed E-state index contributed by atoms with van der Waals surface area (Å²) >= 11 is 1.10. The van der Waals surface area contributed by atoms with Gasteiger partial charge in [0.05, 0.1) is 0 Å². The molecule has 1 atom stereocenters. The highest BCUT2D eigenvalue weighted by atomic mass is 32.2. The van der Waals surface area contributed by atoms with Gasteiger partial charge in [0.2, 0.25) is 11.8 Å². The average Bonchev–Trinajstić information content (AvgIpc) is 2.68. The molecule has 0 aromatic carbocycles. The fraction of sp³-hybridized carbons (Fsp3) is 0.700. The molecular weight excluding hydrogens is 242 g/mol. The smallest absolute Gasteiger partial charge is 0.279 e. The van der Waals surface area contributed by atoms with Crippen molar-refractivity contribution in [2.75, 3.05) is 18.8 Å². The standard InChI is InChI=1S/C10H15N3O3S/c1-10(2)8(15)11-3-4-13(10)7(14)6-5-17-9(16)12-6/h6H,3-5H2,1-2H3,(H,11,15)(H,12,16). The molecule has 1 unspecified atom stereocenters. The second-order valence-corrected chi connectivity index (χ2v) is 5.59. The van der Waals surface area contributed by atoms with Gasteiger partial charge in [0.15, 0.2) is 0 Å². The maximum atomic E-state index is 12.2. The largest absolute Gasteiger partial charge is 0.352 e. The molecule has 17 heavy (non-hydrogen) atoms. The topological polar surface area (TPSA) is 78.5 Å². The van der Waals surface area contributed by atoms with E-state index in [1.807, 2.05) is 0 Å². The van der Waals surface area contributed by atoms with Crippen molar-refractivity contribution >= 4 is 28.8 Å². The van der Waals surface area contributed by atoms with Crippen molar-refractivity contribution in [1.29, 1.82) is 0 Å². The second kappa shape index (κ2) is 4.21. The normalized spacial score (nSPS) is 27.6. The van der Waals surface area contributed by atoms with Gasteiger partial charge in [-0.2, -0.15) is 0 Å². The predicted molar refractivity (Wildman–Crippen MR) is 63.6 cm³/mol. The lowest BCUT2D eigenvalue weighted by Gasteiger charge is -2.42. The summed E-state index contributed by atoms with van der Waals surface area (Å²) in [4.78, 5) is 36.5. The fourth-order valence-electron chi connectivity index (χ4n) is 1.99. The molecule has 0 bridgehead atoms. The van der Waals surface area contributed by atoms with E-state index >= 15 is 0 Å². The molecule has 2 fully saturated rings. The number of piperazine rings is 1. The van der Waals surface area contributed by atoms with E-state index in [1.54, 1.807) is 18.7 Å². The molecule has 0 aromatic heterocycles. The van der Waals surface area contributed by atoms with Crippen LogP contribution in [-0.4, -0.2) is 52.4 Å². The summed E-state index contributed by atoms with van der Waals surface area (Å²) in [5.41, 5.74) is -0.854. The van der Waals surface area contributed by atoms with Crippen LogP contribution in [0.25, 0.3) is 0 Å². The molecule has 2 aliphatic rings. The van der Waals surface area contributed by atoms with Crippen molar-refractivity contribution < 1.29 is 14.4 Å². The Bertz CT molecular complexity index is 383. The van der Waals surface area contributed by atoms with Gasteiger partial charge in [-0.25, -0.2) is 0 Å². The van der Waals surface area contributed by atoms with Gasteiger partial charge >= 0.3 is 0 Å². The lowest BCUT2D eigenvalue weighted by molar-refractivity contribution is -0.149. The second-order valence-electron chi connectivity index (χ2n) is 4.60. The number of carbonyl (C=O) groups excluding carboxylic acids is 3. The molecule has 7 heteroatoms. The van der Waals surface area contributed by atoms with E-state index in [4.69, 9.17) is 0 Å². The Balaban J connectivity index is 2.13. The Morgan fingerprint density at radius 1 is 1.47 bits per heavy atom. The van der Waals surface area contributed by atoms with Crippen LogP contribution in [0.1, 0.15) is 13.8 Å². The summed E-state index contributed by atoms with van der Waals surface area (Å²) < 4.78 is 0. The van der Waals surface area contributed by atoms with Gasteiger partial charge in [-0.1, -0.05) is 11.8 Å². The first-order valence-electron chi connectivity index (χ1n) is 5.46. The maximum Gasteiger partial charge on any atom is 0.279 e. The lowest BCUT2D eigenvalue weighted by atomic mass is 9.98. The van der Waals surface area contributed by atoms with E-state index in [0.717, 1.165) is 11.8 Å². The summed E-state index contributed by atoms with van der Waals surface area (Å²) in [5.74, 6) is 0.101. The number of nitrogens with one attached hydrogen (secondary N) is 2. The molecule has 2 rings (SSSR count). The lowest BCUT2D eigenvalue weighted by Crippen LogP contribution is -2.65. The van der Waals surface area contributed by atoms with Crippen LogP contribution in [0.2, 0.25) is 0 Å². The number of hydrogen-bond acceptors (Lipinski definition) is 4. The Morgan fingerprint density at radius 3 is 2.76 bits per heavy atom. The number of hydrogen-bond donors (Lipinski definition) is 2. The van der Waals surface area contributed by atoms with Gasteiger partial charge in [-0.3, -0.25) is 14.4 Å². The maximum absolute atomic E-state index is 12.2. The Kier molecular flexibility index (Phi) is 3.03. The van der Waals surface area contributed by atoms with E-state index in [1.165, 1.54) is 0 Å². The minimum absolute atomic E-state index is 0.158. The third kappa shape index (κ3) is 2.11. The first-order valence-corrected chi connectivity index (χ1v) is 6.44. The third-order valence-electron chi connectivity index (χ3n) is 3.09. The summed E-state index contributed by atoms with van der Waals surface area (Å²) in [6.07, 6.45) is 0. The first kappa shape index (κ1) is 12.2. The summed E-state index contributed by atoms with van der Waals surface area (Å²) in [6, 6.07) is -0.502. The van der Waals surface area contributed by atoms with Gasteiger partial charge in [-0.15, -0.1) is 0 Å². The van der Waals surface area contributed by atoms with Crippen molar-refractivity contribution in [2.45, 2.75) is 25.4 Å². The molecule has 0 spiro atoms. The zero-order valence-electron chi connectivity index (χ0n) is 9.78. The molecule has 0 saturated carbocycles. The molecule has 94 valence electrons. The summed E-state index contributed by atoms with van der Waals surface area (Å²) in [5, 5.41) is 5.16. The van der Waals surface area contributed by atoms with Gasteiger partial charge in [0.25, 0.3) is 5.24 Å². The minimum atomic E-state index is -0.854. The number of thioether (sulfide) groups is 1. The molecule has 0 radical (unpaired) electrons. The highest BCUT2D eigenvalue weighted by molar-refractivity contribution is 8.14. The molecule has 2 aliphatic heterocycles. The highest BCUT2D eigenvalue weighted by Crippen LogP contribution is 2.22. The molecule has 3 amide bonds. The monoisotopic (exact) mass is 257 g/mol. The fourth-order valence-corrected chi connectivity index (χ4v) is 2.76. The predicted octanol–water partition coefficient (Wildman–Crippen LogP) is -0.452. The van der Waals surface area contributed by atoms with Crippen LogP contribution in [0.5, 0.6) is 0 Å². The number of rotatable bonds is 1. The average molecular weight is 257 g/mol. The van der Waals surface area contributed by atoms with Crippen LogP contribution in [0.15, 0.2) is 0 Å². The van der Waals surface area contributed by atoms with Crippen LogP contribution >= 0.6 is 11.8 Å². The minimum Gasteiger partial charge on any atom is -0.352 e. The zero-order chi connectivity index (χ0) is 12.6. The van der Waals surface area contributed by atoms with Crippen LogP contribution < -0.4 is 10.6 Å². The Morgan fingerprint density at radius 2 is 2.18 bits per heavy atom. The van der Waals surface area contributed by atoms with E-state index in [-0.39, 0.29) is 17.1 Å². The van der Waals surface area contributed by atoms with Crippen molar-refractivity contribution in [3.63, 3.8) is 0 Å². The van der Waals surface area contributed by atoms with Gasteiger partial charge < -0.3 is 15.5 Å². The van der Waals surface area contributed by atoms with Gasteiger partial charge in [-0.05, 0) is 13.8 Å². The molecule has 0 aromatic rings. The Labute approximate surface area is 103 Å². The summed E-state index contributed by atoms with van der Waals surface area (Å²) in [7, 11) is 0. The third-order valence-corrected chi connectivity index (χ3v) is 3.97. The summed E-state index contributed by atoms with van der Waals surface area (Å²) in [6.45, 7) is 4.36. The van der Waals surface area contributed by atoms with Gasteiger partial charge in [0.1, 0.15) is 11.6 Å². The van der Waals surface area contributed by atoms with E-state index in [2.05, 4.69) is 10.6 Å². The number of carbonyl (C=O) groups is 3. The highest BCUT2D eigenvalue weighted by Gasteiger charge is 2.43. The van der Waals surface area contributed by atoms with Gasteiger partial charge in [0, 0.05) is 18.8 Å². The molecule has 6 nitrogen and oxygen atoms in total. The number of nitrogens with zero attached hydrogens (tertiary/aromatic N) is 1. The quantitative estimate of drug-likeness (QED) is 0.667. The Hall–Kier alpha value is -1.24. The van der Waals surface area contributed by atoms with Crippen LogP contribution in [0, 0.1) is 0 Å². The van der Waals surface area contributed by atoms with E-state index in [9.17, 15) is 14.4 Å².